The average molecular weight is 712 g/mol. The van der Waals surface area contributed by atoms with Gasteiger partial charge in [0.15, 0.2) is 0 Å². The first-order chi connectivity index (χ1) is 23.8. The third-order valence-electron chi connectivity index (χ3n) is 10.1. The van der Waals surface area contributed by atoms with Crippen LogP contribution in [0.4, 0.5) is 9.59 Å². The van der Waals surface area contributed by atoms with Crippen molar-refractivity contribution >= 4 is 46.0 Å². The third kappa shape index (κ3) is 7.37. The van der Waals surface area contributed by atoms with Gasteiger partial charge < -0.3 is 25.0 Å². The molecule has 50 heavy (non-hydrogen) atoms. The number of alkyl carbamates (subject to hydrolysis) is 1. The van der Waals surface area contributed by atoms with Crippen LogP contribution in [0, 0.1) is 11.8 Å². The van der Waals surface area contributed by atoms with E-state index in [1.807, 2.05) is 24.3 Å². The van der Waals surface area contributed by atoms with Crippen LogP contribution in [0.1, 0.15) is 75.5 Å². The molecule has 3 heterocycles. The Hall–Kier alpha value is -4.40. The highest BCUT2D eigenvalue weighted by molar-refractivity contribution is 7.91. The molecule has 3 aliphatic heterocycles. The maximum absolute atomic E-state index is 14.1. The van der Waals surface area contributed by atoms with Gasteiger partial charge in [-0.1, -0.05) is 50.3 Å². The number of cyclic esters (lactones) is 1. The van der Waals surface area contributed by atoms with Crippen LogP contribution in [-0.4, -0.2) is 90.3 Å². The number of nitrogens with one attached hydrogen (secondary N) is 3. The topological polar surface area (TPSA) is 181 Å². The number of carbonyl (C=O) groups excluding carboxylic acids is 5. The summed E-state index contributed by atoms with van der Waals surface area (Å²) < 4.78 is 38.6. The van der Waals surface area contributed by atoms with E-state index in [0.717, 1.165) is 29.5 Å². The van der Waals surface area contributed by atoms with Crippen molar-refractivity contribution in [1.82, 2.24) is 25.2 Å². The molecule has 6 rings (SSSR count). The van der Waals surface area contributed by atoms with Crippen LogP contribution < -0.4 is 15.4 Å². The predicted octanol–water partition coefficient (Wildman–Crippen LogP) is 2.73. The minimum absolute atomic E-state index is 0.0792. The highest BCUT2D eigenvalue weighted by Gasteiger charge is 2.62. The van der Waals surface area contributed by atoms with Gasteiger partial charge in [0.05, 0.1) is 24.9 Å². The Morgan fingerprint density at radius 1 is 1.14 bits per heavy atom. The average Bonchev–Trinajstić information content (AvgIpc) is 3.96. The van der Waals surface area contributed by atoms with Gasteiger partial charge in [-0.3, -0.25) is 24.0 Å². The van der Waals surface area contributed by atoms with Crippen molar-refractivity contribution in [3.05, 3.63) is 53.6 Å². The van der Waals surface area contributed by atoms with Crippen molar-refractivity contribution in [3.8, 4) is 0 Å². The molecule has 2 aliphatic carbocycles. The Morgan fingerprint density at radius 2 is 1.92 bits per heavy atom. The SMILES string of the molecule is C=C[C@@H]1C[C@]1(NC(=O)[C@@H]1C[C@@H]2CN1C(=O)[C@H](C(C)C)NC(=O)OCCCC/C=C/c1cccc3c1CN(C3)C(=O)O2)C(=O)NS(=O)(=O)C1CC1. The van der Waals surface area contributed by atoms with Gasteiger partial charge in [-0.2, -0.15) is 0 Å². The second kappa shape index (κ2) is 14.1. The lowest BCUT2D eigenvalue weighted by atomic mass is 10.0. The number of rotatable bonds is 7. The van der Waals surface area contributed by atoms with Crippen LogP contribution in [0.25, 0.3) is 6.08 Å². The molecular weight excluding hydrogens is 666 g/mol. The summed E-state index contributed by atoms with van der Waals surface area (Å²) in [7, 11) is -3.90. The van der Waals surface area contributed by atoms with Crippen LogP contribution in [0.5, 0.6) is 0 Å². The number of ether oxygens (including phenoxy) is 2. The molecule has 1 aromatic carbocycles. The fourth-order valence-electron chi connectivity index (χ4n) is 6.94. The molecular formula is C35H45N5O9S. The lowest BCUT2D eigenvalue weighted by Gasteiger charge is -2.31. The number of sulfonamides is 1. The zero-order valence-corrected chi connectivity index (χ0v) is 29.2. The van der Waals surface area contributed by atoms with Crippen LogP contribution in [0.2, 0.25) is 0 Å². The Kier molecular flexibility index (Phi) is 9.98. The molecule has 270 valence electrons. The molecule has 3 N–H and O–H groups in total. The standard InChI is InChI=1S/C35H45N5O9S/c1-4-24-17-35(24,32(43)38-50(46,47)26-13-14-26)37-30(41)28-16-25-19-40(28)31(42)29(21(2)3)36-33(44)48-15-8-6-5-7-10-22-11-9-12-23-18-39(20-27(22)23)34(45)49-25/h4,7,9-12,21,24-26,28-29H,1,5-6,8,13-20H2,2-3H3,(H,36,44)(H,37,41)(H,38,43)/b10-7+/t24-,25-,28+,29+,35-/m1/s1. The van der Waals surface area contributed by atoms with Gasteiger partial charge in [-0.15, -0.1) is 6.58 Å². The number of allylic oxidation sites excluding steroid dienone is 1. The number of fused-ring (bicyclic) bond motifs is 3. The number of hydrogen-bond acceptors (Lipinski definition) is 9. The summed E-state index contributed by atoms with van der Waals surface area (Å²) in [6.45, 7) is 7.93. The largest absolute Gasteiger partial charge is 0.450 e. The highest BCUT2D eigenvalue weighted by atomic mass is 32.2. The highest BCUT2D eigenvalue weighted by Crippen LogP contribution is 2.45. The molecule has 1 aromatic rings. The first kappa shape index (κ1) is 35.4. The molecule has 0 radical (unpaired) electrons. The fourth-order valence-corrected chi connectivity index (χ4v) is 8.31. The van der Waals surface area contributed by atoms with Gasteiger partial charge >= 0.3 is 12.2 Å². The minimum atomic E-state index is -3.90. The van der Waals surface area contributed by atoms with Crippen molar-refractivity contribution in [2.75, 3.05) is 13.2 Å². The van der Waals surface area contributed by atoms with E-state index >= 15 is 0 Å². The predicted molar refractivity (Wildman–Crippen MR) is 181 cm³/mol. The molecule has 0 aromatic heterocycles. The third-order valence-corrected chi connectivity index (χ3v) is 12.0. The normalized spacial score (nSPS) is 29.4. The number of benzene rings is 1. The Balaban J connectivity index is 1.25. The molecule has 14 nitrogen and oxygen atoms in total. The summed E-state index contributed by atoms with van der Waals surface area (Å²) in [6.07, 6.45) is 6.41. The van der Waals surface area contributed by atoms with Crippen molar-refractivity contribution in [2.45, 2.75) is 101 Å². The van der Waals surface area contributed by atoms with Crippen LogP contribution >= 0.6 is 0 Å². The quantitative estimate of drug-likeness (QED) is 0.359. The minimum Gasteiger partial charge on any atom is -0.450 e. The summed E-state index contributed by atoms with van der Waals surface area (Å²) in [6, 6.07) is 3.63. The maximum Gasteiger partial charge on any atom is 0.410 e. The van der Waals surface area contributed by atoms with E-state index in [2.05, 4.69) is 28.0 Å². The van der Waals surface area contributed by atoms with E-state index in [9.17, 15) is 32.4 Å². The molecule has 5 atom stereocenters. The van der Waals surface area contributed by atoms with Crippen molar-refractivity contribution in [1.29, 1.82) is 0 Å². The van der Waals surface area contributed by atoms with E-state index in [0.29, 0.717) is 32.4 Å². The van der Waals surface area contributed by atoms with Gasteiger partial charge in [-0.05, 0) is 61.1 Å². The van der Waals surface area contributed by atoms with Gasteiger partial charge in [0.1, 0.15) is 23.7 Å². The van der Waals surface area contributed by atoms with Gasteiger partial charge in [0, 0.05) is 18.9 Å². The molecule has 5 aliphatic rings. The number of amides is 5. The van der Waals surface area contributed by atoms with E-state index in [1.54, 1.807) is 18.7 Å². The van der Waals surface area contributed by atoms with Crippen molar-refractivity contribution in [2.24, 2.45) is 11.8 Å². The lowest BCUT2D eigenvalue weighted by Crippen LogP contribution is -2.59. The van der Waals surface area contributed by atoms with Crippen LogP contribution in [0.15, 0.2) is 36.9 Å². The molecule has 3 fully saturated rings. The van der Waals surface area contributed by atoms with Crippen LogP contribution in [-0.2, 0) is 47.0 Å². The molecule has 5 amide bonds. The summed E-state index contributed by atoms with van der Waals surface area (Å²) in [4.78, 5) is 70.7. The number of carbonyl (C=O) groups is 5. The van der Waals surface area contributed by atoms with E-state index in [4.69, 9.17) is 9.47 Å². The number of hydrogen-bond donors (Lipinski definition) is 3. The second-order valence-electron chi connectivity index (χ2n) is 14.2. The smallest absolute Gasteiger partial charge is 0.410 e. The first-order valence-electron chi connectivity index (χ1n) is 17.3. The zero-order valence-electron chi connectivity index (χ0n) is 28.4. The summed E-state index contributed by atoms with van der Waals surface area (Å²) >= 11 is 0. The van der Waals surface area contributed by atoms with Crippen LogP contribution in [0.3, 0.4) is 0 Å². The summed E-state index contributed by atoms with van der Waals surface area (Å²) in [5, 5.41) is 4.73. The fraction of sp³-hybridized carbons (Fsp3) is 0.571. The first-order valence-corrected chi connectivity index (χ1v) is 18.8. The molecule has 4 bridgehead atoms. The Bertz CT molecular complexity index is 1710. The monoisotopic (exact) mass is 711 g/mol. The Morgan fingerprint density at radius 3 is 2.62 bits per heavy atom. The number of nitrogens with zero attached hydrogens (tertiary/aromatic N) is 2. The van der Waals surface area contributed by atoms with Crippen molar-refractivity contribution < 1.29 is 41.9 Å². The van der Waals surface area contributed by atoms with E-state index in [-0.39, 0.29) is 26.0 Å². The summed E-state index contributed by atoms with van der Waals surface area (Å²) in [5.74, 6) is -3.10. The molecule has 1 saturated heterocycles. The molecule has 0 unspecified atom stereocenters. The van der Waals surface area contributed by atoms with E-state index in [1.165, 1.54) is 11.0 Å². The zero-order chi connectivity index (χ0) is 35.8. The molecule has 0 spiro atoms. The second-order valence-corrected chi connectivity index (χ2v) is 16.1. The van der Waals surface area contributed by atoms with Crippen molar-refractivity contribution in [3.63, 3.8) is 0 Å². The maximum atomic E-state index is 14.1. The molecule has 15 heteroatoms. The van der Waals surface area contributed by atoms with Gasteiger partial charge in [0.2, 0.25) is 21.8 Å². The van der Waals surface area contributed by atoms with E-state index < -0.39 is 80.7 Å². The molecule has 2 saturated carbocycles. The Labute approximate surface area is 292 Å². The lowest BCUT2D eigenvalue weighted by molar-refractivity contribution is -0.141. The van der Waals surface area contributed by atoms with Gasteiger partial charge in [0.25, 0.3) is 5.91 Å². The summed E-state index contributed by atoms with van der Waals surface area (Å²) in [5.41, 5.74) is 1.45. The van der Waals surface area contributed by atoms with Gasteiger partial charge in [-0.25, -0.2) is 18.0 Å².